The van der Waals surface area contributed by atoms with Crippen molar-refractivity contribution in [1.82, 2.24) is 0 Å². The number of esters is 1. The summed E-state index contributed by atoms with van der Waals surface area (Å²) in [5, 5.41) is 22.0. The van der Waals surface area contributed by atoms with Gasteiger partial charge >= 0.3 is 5.97 Å². The topological polar surface area (TPSA) is 110 Å². The fraction of sp³-hybridized carbons (Fsp3) is 0.654. The van der Waals surface area contributed by atoms with Crippen LogP contribution in [0.25, 0.3) is 0 Å². The van der Waals surface area contributed by atoms with Crippen LogP contribution >= 0.6 is 0 Å². The first-order chi connectivity index (χ1) is 15.9. The van der Waals surface area contributed by atoms with Crippen LogP contribution in [-0.4, -0.2) is 51.7 Å². The summed E-state index contributed by atoms with van der Waals surface area (Å²) in [7, 11) is 0. The Morgan fingerprint density at radius 1 is 1.29 bits per heavy atom. The Balaban J connectivity index is 1.59. The lowest BCUT2D eigenvalue weighted by molar-refractivity contribution is -0.218. The first-order valence-corrected chi connectivity index (χ1v) is 12.0. The minimum Gasteiger partial charge on any atom is -0.501 e. The van der Waals surface area contributed by atoms with Gasteiger partial charge in [-0.05, 0) is 57.6 Å². The Morgan fingerprint density at radius 3 is 2.68 bits per heavy atom. The summed E-state index contributed by atoms with van der Waals surface area (Å²) in [5.74, 6) is -4.49. The highest BCUT2D eigenvalue weighted by molar-refractivity contribution is 6.09. The van der Waals surface area contributed by atoms with Crippen LogP contribution in [0.4, 0.5) is 4.39 Å². The number of carbonyl (C=O) groups excluding carboxylic acids is 3. The SMILES string of the molecule is CCOC(=O)C1=C(O)C(=O)[C@@]2(O1)[C@@H](C)C[C@H]1[C@@H]3CCC4=CC(=O)C=C[C@]4(C)[C@@]3(F)[C@@H](O)C[C@@]12C. The molecule has 7 nitrogen and oxygen atoms in total. The number of carbonyl (C=O) groups is 3. The molecule has 1 heterocycles. The van der Waals surface area contributed by atoms with Gasteiger partial charge in [0.15, 0.2) is 17.1 Å². The van der Waals surface area contributed by atoms with E-state index in [1.54, 1.807) is 26.8 Å². The number of ether oxygens (including phenoxy) is 2. The zero-order valence-corrected chi connectivity index (χ0v) is 19.9. The van der Waals surface area contributed by atoms with Gasteiger partial charge in [0.1, 0.15) is 0 Å². The van der Waals surface area contributed by atoms with E-state index in [0.717, 1.165) is 0 Å². The predicted molar refractivity (Wildman–Crippen MR) is 118 cm³/mol. The second-order valence-corrected chi connectivity index (χ2v) is 11.0. The third kappa shape index (κ3) is 2.42. The van der Waals surface area contributed by atoms with Gasteiger partial charge in [0.25, 0.3) is 5.76 Å². The molecule has 0 radical (unpaired) electrons. The fourth-order valence-corrected chi connectivity index (χ4v) is 8.10. The van der Waals surface area contributed by atoms with Crippen molar-refractivity contribution in [1.29, 1.82) is 0 Å². The van der Waals surface area contributed by atoms with Crippen molar-refractivity contribution in [3.63, 3.8) is 0 Å². The smallest absolute Gasteiger partial charge is 0.377 e. The molecule has 1 aliphatic heterocycles. The van der Waals surface area contributed by atoms with Crippen molar-refractivity contribution < 1.29 is 38.5 Å². The van der Waals surface area contributed by atoms with Crippen molar-refractivity contribution >= 4 is 17.5 Å². The Morgan fingerprint density at radius 2 is 2.00 bits per heavy atom. The van der Waals surface area contributed by atoms with Crippen LogP contribution in [0, 0.1) is 28.6 Å². The van der Waals surface area contributed by atoms with Gasteiger partial charge in [-0.15, -0.1) is 0 Å². The molecule has 5 aliphatic rings. The van der Waals surface area contributed by atoms with Crippen LogP contribution in [0.15, 0.2) is 35.3 Å². The zero-order chi connectivity index (χ0) is 24.8. The van der Waals surface area contributed by atoms with Gasteiger partial charge in [0, 0.05) is 22.7 Å². The second kappa shape index (κ2) is 7.03. The number of allylic oxidation sites excluding steroid dienone is 4. The standard InChI is InChI=1S/C26H31FO7/c1-5-33-22(32)20-19(30)21(31)26(34-20)13(2)10-17-16-7-6-14-11-15(28)8-9-23(14,3)25(16,27)18(29)12-24(17,26)4/h8-9,11,13,16-18,29-30H,5-7,10,12H2,1-4H3/t13-,16-,17-,18-,23-,24-,25-,26-/m0/s1. The molecular formula is C26H31FO7. The first-order valence-electron chi connectivity index (χ1n) is 12.0. The lowest BCUT2D eigenvalue weighted by atomic mass is 9.44. The van der Waals surface area contributed by atoms with Gasteiger partial charge in [0.2, 0.25) is 11.5 Å². The molecule has 184 valence electrons. The van der Waals surface area contributed by atoms with Crippen molar-refractivity contribution in [3.05, 3.63) is 35.3 Å². The van der Waals surface area contributed by atoms with Crippen LogP contribution in [0.1, 0.15) is 53.4 Å². The molecule has 8 atom stereocenters. The van der Waals surface area contributed by atoms with Gasteiger partial charge in [0.05, 0.1) is 12.7 Å². The van der Waals surface area contributed by atoms with E-state index in [2.05, 4.69) is 0 Å². The number of aliphatic hydroxyl groups is 2. The van der Waals surface area contributed by atoms with Gasteiger partial charge in [-0.2, -0.15) is 0 Å². The summed E-state index contributed by atoms with van der Waals surface area (Å²) in [6.45, 7) is 7.00. The predicted octanol–water partition coefficient (Wildman–Crippen LogP) is 3.27. The molecule has 0 unspecified atom stereocenters. The molecule has 34 heavy (non-hydrogen) atoms. The molecule has 5 rings (SSSR count). The van der Waals surface area contributed by atoms with E-state index in [-0.39, 0.29) is 24.7 Å². The Hall–Kier alpha value is -2.48. The number of fused-ring (bicyclic) bond motifs is 6. The summed E-state index contributed by atoms with van der Waals surface area (Å²) in [4.78, 5) is 37.9. The Bertz CT molecular complexity index is 1090. The summed E-state index contributed by atoms with van der Waals surface area (Å²) < 4.78 is 28.2. The number of hydrogen-bond acceptors (Lipinski definition) is 7. The highest BCUT2D eigenvalue weighted by atomic mass is 19.1. The highest BCUT2D eigenvalue weighted by Crippen LogP contribution is 2.72. The Labute approximate surface area is 197 Å². The Kier molecular flexibility index (Phi) is 4.81. The second-order valence-electron chi connectivity index (χ2n) is 11.0. The van der Waals surface area contributed by atoms with Gasteiger partial charge in [-0.25, -0.2) is 9.18 Å². The van der Waals surface area contributed by atoms with E-state index in [1.165, 1.54) is 12.2 Å². The summed E-state index contributed by atoms with van der Waals surface area (Å²) >= 11 is 0. The van der Waals surface area contributed by atoms with E-state index < -0.39 is 63.3 Å². The number of alkyl halides is 1. The quantitative estimate of drug-likeness (QED) is 0.591. The summed E-state index contributed by atoms with van der Waals surface area (Å²) in [5.41, 5.74) is -5.12. The molecule has 4 aliphatic carbocycles. The van der Waals surface area contributed by atoms with Crippen molar-refractivity contribution in [3.8, 4) is 0 Å². The molecular weight excluding hydrogens is 443 g/mol. The van der Waals surface area contributed by atoms with Crippen LogP contribution in [0.3, 0.4) is 0 Å². The third-order valence-corrected chi connectivity index (χ3v) is 9.67. The maximum atomic E-state index is 17.2. The van der Waals surface area contributed by atoms with Crippen molar-refractivity contribution in [2.45, 2.75) is 70.8 Å². The molecule has 3 fully saturated rings. The summed E-state index contributed by atoms with van der Waals surface area (Å²) in [6.07, 6.45) is 4.25. The maximum Gasteiger partial charge on any atom is 0.377 e. The maximum absolute atomic E-state index is 17.2. The summed E-state index contributed by atoms with van der Waals surface area (Å²) in [6, 6.07) is 0. The van der Waals surface area contributed by atoms with Crippen LogP contribution in [-0.2, 0) is 23.9 Å². The molecule has 0 amide bonds. The van der Waals surface area contributed by atoms with Crippen molar-refractivity contribution in [2.24, 2.45) is 28.6 Å². The minimum absolute atomic E-state index is 0.0468. The van der Waals surface area contributed by atoms with Gasteiger partial charge in [-0.3, -0.25) is 9.59 Å². The van der Waals surface area contributed by atoms with Crippen LogP contribution < -0.4 is 0 Å². The van der Waals surface area contributed by atoms with E-state index in [0.29, 0.717) is 24.8 Å². The molecule has 1 spiro atoms. The van der Waals surface area contributed by atoms with E-state index in [4.69, 9.17) is 9.47 Å². The molecule has 0 aromatic rings. The lowest BCUT2D eigenvalue weighted by Gasteiger charge is -2.62. The van der Waals surface area contributed by atoms with Gasteiger partial charge < -0.3 is 19.7 Å². The molecule has 0 saturated heterocycles. The minimum atomic E-state index is -2.04. The van der Waals surface area contributed by atoms with E-state index >= 15 is 4.39 Å². The molecule has 0 bridgehead atoms. The fourth-order valence-electron chi connectivity index (χ4n) is 8.10. The number of rotatable bonds is 2. The van der Waals surface area contributed by atoms with E-state index in [9.17, 15) is 24.6 Å². The van der Waals surface area contributed by atoms with Crippen LogP contribution in [0.5, 0.6) is 0 Å². The molecule has 0 aromatic heterocycles. The number of halogens is 1. The van der Waals surface area contributed by atoms with E-state index in [1.807, 2.05) is 6.92 Å². The van der Waals surface area contributed by atoms with Crippen molar-refractivity contribution in [2.75, 3.05) is 6.61 Å². The average Bonchev–Trinajstić information content (AvgIpc) is 3.17. The largest absolute Gasteiger partial charge is 0.501 e. The van der Waals surface area contributed by atoms with Crippen LogP contribution in [0.2, 0.25) is 0 Å². The molecule has 2 N–H and O–H groups in total. The number of Topliss-reactive ketones (excluding diaryl/α,β-unsaturated/α-hetero) is 1. The normalized spacial score (nSPS) is 47.2. The third-order valence-electron chi connectivity index (χ3n) is 9.67. The first kappa shape index (κ1) is 23.3. The zero-order valence-electron chi connectivity index (χ0n) is 19.9. The lowest BCUT2D eigenvalue weighted by Crippen LogP contribution is -2.69. The molecule has 3 saturated carbocycles. The average molecular weight is 475 g/mol. The molecule has 0 aromatic carbocycles. The molecule has 8 heteroatoms. The number of aliphatic hydroxyl groups excluding tert-OH is 2. The monoisotopic (exact) mass is 474 g/mol. The number of ketones is 2. The number of hydrogen-bond donors (Lipinski definition) is 2. The van der Waals surface area contributed by atoms with Gasteiger partial charge in [-0.1, -0.05) is 25.5 Å². The highest BCUT2D eigenvalue weighted by Gasteiger charge is 2.78.